The normalized spacial score (nSPS) is 25.7. The number of rotatable bonds is 4. The molecule has 2 aromatic heterocycles. The lowest BCUT2D eigenvalue weighted by atomic mass is 9.69. The number of carbonyl (C=O) groups excluding carboxylic acids is 1. The average molecular weight is 503 g/mol. The van der Waals surface area contributed by atoms with Crippen molar-refractivity contribution in [3.8, 4) is 0 Å². The molecule has 3 fully saturated rings. The van der Waals surface area contributed by atoms with Gasteiger partial charge in [0.2, 0.25) is 5.91 Å². The average Bonchev–Trinajstić information content (AvgIpc) is 3.53. The fourth-order valence-corrected chi connectivity index (χ4v) is 6.42. The number of amides is 1. The van der Waals surface area contributed by atoms with Crippen LogP contribution in [0, 0.1) is 25.2 Å². The molecule has 2 bridgehead atoms. The molecule has 2 atom stereocenters. The summed E-state index contributed by atoms with van der Waals surface area (Å²) in [6, 6.07) is 3.65. The summed E-state index contributed by atoms with van der Waals surface area (Å²) in [5.74, 6) is 1.39. The van der Waals surface area contributed by atoms with E-state index in [1.165, 1.54) is 13.0 Å². The van der Waals surface area contributed by atoms with Crippen LogP contribution in [0.4, 0.5) is 23.4 Å². The number of halogens is 4. The summed E-state index contributed by atoms with van der Waals surface area (Å²) in [7, 11) is 0. The third kappa shape index (κ3) is 3.31. The SMILES string of the molecule is Cc1c(C(C)Nc2nc3nnc(C)n3c3c2CN(C(=O)C24CC(C2)[C@@H](F)C4)C3)cccc1C(F)(F)F. The van der Waals surface area contributed by atoms with Crippen LogP contribution >= 0.6 is 0 Å². The summed E-state index contributed by atoms with van der Waals surface area (Å²) in [6.07, 6.45) is -3.90. The van der Waals surface area contributed by atoms with Gasteiger partial charge in [0.15, 0.2) is 0 Å². The second kappa shape index (κ2) is 7.63. The highest BCUT2D eigenvalue weighted by Crippen LogP contribution is 2.61. The number of hydrogen-bond donors (Lipinski definition) is 1. The zero-order valence-electron chi connectivity index (χ0n) is 20.2. The van der Waals surface area contributed by atoms with E-state index in [4.69, 9.17) is 0 Å². The van der Waals surface area contributed by atoms with Gasteiger partial charge in [0.05, 0.1) is 35.8 Å². The van der Waals surface area contributed by atoms with Gasteiger partial charge in [0.25, 0.3) is 5.78 Å². The first-order valence-electron chi connectivity index (χ1n) is 12.1. The number of hydrogen-bond acceptors (Lipinski definition) is 5. The Morgan fingerprint density at radius 2 is 1.92 bits per heavy atom. The van der Waals surface area contributed by atoms with Gasteiger partial charge >= 0.3 is 6.18 Å². The largest absolute Gasteiger partial charge is 0.416 e. The second-order valence-electron chi connectivity index (χ2n) is 10.5. The number of nitrogens with zero attached hydrogens (tertiary/aromatic N) is 5. The van der Waals surface area contributed by atoms with Crippen molar-refractivity contribution in [2.75, 3.05) is 5.32 Å². The van der Waals surface area contributed by atoms with E-state index in [-0.39, 0.29) is 30.4 Å². The highest BCUT2D eigenvalue weighted by molar-refractivity contribution is 5.85. The van der Waals surface area contributed by atoms with Gasteiger partial charge in [0, 0.05) is 5.56 Å². The van der Waals surface area contributed by atoms with E-state index in [2.05, 4.69) is 20.5 Å². The Bertz CT molecular complexity index is 1390. The third-order valence-electron chi connectivity index (χ3n) is 8.26. The molecule has 36 heavy (non-hydrogen) atoms. The Morgan fingerprint density at radius 1 is 1.17 bits per heavy atom. The van der Waals surface area contributed by atoms with Gasteiger partial charge in [-0.3, -0.25) is 9.20 Å². The molecule has 1 N–H and O–H groups in total. The highest BCUT2D eigenvalue weighted by Gasteiger charge is 2.62. The Balaban J connectivity index is 1.34. The predicted octanol–water partition coefficient (Wildman–Crippen LogP) is 4.91. The molecule has 11 heteroatoms. The number of anilines is 1. The molecule has 1 aliphatic heterocycles. The van der Waals surface area contributed by atoms with Gasteiger partial charge in [-0.05, 0) is 63.1 Å². The van der Waals surface area contributed by atoms with Crippen molar-refractivity contribution in [3.05, 3.63) is 52.0 Å². The van der Waals surface area contributed by atoms with Gasteiger partial charge in [-0.15, -0.1) is 10.2 Å². The van der Waals surface area contributed by atoms with Crippen molar-refractivity contribution < 1.29 is 22.4 Å². The van der Waals surface area contributed by atoms with Crippen molar-refractivity contribution in [2.24, 2.45) is 11.3 Å². The van der Waals surface area contributed by atoms with Crippen molar-refractivity contribution >= 4 is 17.5 Å². The monoisotopic (exact) mass is 502 g/mol. The van der Waals surface area contributed by atoms with Crippen LogP contribution in [-0.2, 0) is 24.1 Å². The number of benzene rings is 1. The van der Waals surface area contributed by atoms with Crippen molar-refractivity contribution in [2.45, 2.75) is 71.5 Å². The first-order valence-corrected chi connectivity index (χ1v) is 12.1. The fourth-order valence-electron chi connectivity index (χ4n) is 6.42. The molecule has 4 aliphatic rings. The number of alkyl halides is 4. The standard InChI is InChI=1S/C25H26F4N6O/c1-12-16(5-4-6-18(12)25(27,28)29)13(2)30-21-17-10-34(22(36)24-7-15(8-24)19(26)9-24)11-20(17)35-14(3)32-33-23(35)31-21/h4-6,13,15,19H,7-11H2,1-3H3,(H,30,31,33)/t13?,15?,19-,24?/m0/s1. The minimum Gasteiger partial charge on any atom is -0.363 e. The molecule has 1 aromatic carbocycles. The summed E-state index contributed by atoms with van der Waals surface area (Å²) in [6.45, 7) is 5.65. The zero-order valence-corrected chi connectivity index (χ0v) is 20.2. The Labute approximate surface area is 204 Å². The highest BCUT2D eigenvalue weighted by atomic mass is 19.4. The van der Waals surface area contributed by atoms with E-state index in [0.29, 0.717) is 42.4 Å². The van der Waals surface area contributed by atoms with Crippen LogP contribution < -0.4 is 5.32 Å². The van der Waals surface area contributed by atoms with E-state index in [9.17, 15) is 22.4 Å². The van der Waals surface area contributed by atoms with E-state index in [0.717, 1.165) is 17.3 Å². The molecule has 3 saturated carbocycles. The van der Waals surface area contributed by atoms with Gasteiger partial charge in [-0.25, -0.2) is 4.39 Å². The molecule has 1 amide bonds. The van der Waals surface area contributed by atoms with Crippen LogP contribution in [-0.4, -0.2) is 36.6 Å². The zero-order chi connectivity index (χ0) is 25.6. The second-order valence-corrected chi connectivity index (χ2v) is 10.5. The Kier molecular flexibility index (Phi) is 4.91. The topological polar surface area (TPSA) is 75.4 Å². The molecular weight excluding hydrogens is 476 g/mol. The molecule has 0 saturated heterocycles. The summed E-state index contributed by atoms with van der Waals surface area (Å²) in [4.78, 5) is 19.8. The van der Waals surface area contributed by atoms with E-state index >= 15 is 0 Å². The van der Waals surface area contributed by atoms with Crippen LogP contribution in [0.25, 0.3) is 5.78 Å². The van der Waals surface area contributed by atoms with Crippen LogP contribution in [0.1, 0.15) is 66.0 Å². The summed E-state index contributed by atoms with van der Waals surface area (Å²) in [5.41, 5.74) is 0.956. The summed E-state index contributed by atoms with van der Waals surface area (Å²) < 4.78 is 56.4. The third-order valence-corrected chi connectivity index (χ3v) is 8.26. The molecular formula is C25H26F4N6O. The van der Waals surface area contributed by atoms with E-state index in [1.54, 1.807) is 24.8 Å². The Morgan fingerprint density at radius 3 is 2.58 bits per heavy atom. The molecule has 7 rings (SSSR count). The van der Waals surface area contributed by atoms with Gasteiger partial charge < -0.3 is 10.2 Å². The lowest BCUT2D eigenvalue weighted by Crippen LogP contribution is -2.44. The maximum atomic E-state index is 14.2. The first-order chi connectivity index (χ1) is 17.0. The maximum Gasteiger partial charge on any atom is 0.416 e. The van der Waals surface area contributed by atoms with Gasteiger partial charge in [0.1, 0.15) is 17.8 Å². The van der Waals surface area contributed by atoms with Crippen molar-refractivity contribution in [3.63, 3.8) is 0 Å². The molecule has 3 aromatic rings. The summed E-state index contributed by atoms with van der Waals surface area (Å²) >= 11 is 0. The van der Waals surface area contributed by atoms with Crippen molar-refractivity contribution in [1.29, 1.82) is 0 Å². The Hall–Kier alpha value is -3.24. The maximum absolute atomic E-state index is 14.2. The number of nitrogens with one attached hydrogen (secondary N) is 1. The van der Waals surface area contributed by atoms with Gasteiger partial charge in [-0.1, -0.05) is 12.1 Å². The van der Waals surface area contributed by atoms with Crippen LogP contribution in [0.15, 0.2) is 18.2 Å². The lowest BCUT2D eigenvalue weighted by Gasteiger charge is -2.39. The van der Waals surface area contributed by atoms with Crippen molar-refractivity contribution in [1.82, 2.24) is 24.5 Å². The molecule has 0 spiro atoms. The fraction of sp³-hybridized carbons (Fsp3) is 0.520. The molecule has 1 unspecified atom stereocenters. The minimum atomic E-state index is -4.45. The predicted molar refractivity (Wildman–Crippen MR) is 123 cm³/mol. The molecule has 0 radical (unpaired) electrons. The molecule has 190 valence electrons. The molecule has 7 nitrogen and oxygen atoms in total. The van der Waals surface area contributed by atoms with E-state index < -0.39 is 29.4 Å². The number of aromatic nitrogens is 4. The smallest absolute Gasteiger partial charge is 0.363 e. The van der Waals surface area contributed by atoms with Crippen LogP contribution in [0.2, 0.25) is 0 Å². The van der Waals surface area contributed by atoms with E-state index in [1.807, 2.05) is 4.40 Å². The lowest BCUT2D eigenvalue weighted by molar-refractivity contribution is -0.147. The molecule has 3 heterocycles. The van der Waals surface area contributed by atoms with Crippen LogP contribution in [0.5, 0.6) is 0 Å². The number of aryl methyl sites for hydroxylation is 1. The minimum absolute atomic E-state index is 0.0128. The number of carbonyl (C=O) groups is 1. The summed E-state index contributed by atoms with van der Waals surface area (Å²) in [5, 5.41) is 11.5. The number of fused-ring (bicyclic) bond motifs is 4. The molecule has 3 aliphatic carbocycles. The van der Waals surface area contributed by atoms with Gasteiger partial charge in [-0.2, -0.15) is 18.2 Å². The quantitative estimate of drug-likeness (QED) is 0.513. The van der Waals surface area contributed by atoms with Crippen LogP contribution in [0.3, 0.4) is 0 Å². The first kappa shape index (κ1) is 23.2.